The van der Waals surface area contributed by atoms with Crippen LogP contribution in [0.15, 0.2) is 15.8 Å². The van der Waals surface area contributed by atoms with Crippen molar-refractivity contribution in [2.45, 2.75) is 31.8 Å². The van der Waals surface area contributed by atoms with Crippen molar-refractivity contribution < 1.29 is 14.9 Å². The lowest BCUT2D eigenvalue weighted by Crippen LogP contribution is -2.40. The van der Waals surface area contributed by atoms with Crippen LogP contribution in [0.1, 0.15) is 18.2 Å². The quantitative estimate of drug-likeness (QED) is 0.569. The third-order valence-electron chi connectivity index (χ3n) is 3.05. The van der Waals surface area contributed by atoms with E-state index in [0.717, 1.165) is 3.97 Å². The monoisotopic (exact) mass is 289 g/mol. The van der Waals surface area contributed by atoms with Crippen LogP contribution in [0.2, 0.25) is 0 Å². The van der Waals surface area contributed by atoms with Gasteiger partial charge in [0, 0.05) is 30.3 Å². The zero-order valence-electron chi connectivity index (χ0n) is 10.2. The van der Waals surface area contributed by atoms with Crippen molar-refractivity contribution in [3.05, 3.63) is 32.6 Å². The Bertz CT molecular complexity index is 584. The summed E-state index contributed by atoms with van der Waals surface area (Å²) in [5, 5.41) is 24.0. The molecule has 1 aliphatic heterocycles. The van der Waals surface area contributed by atoms with E-state index in [-0.39, 0.29) is 13.0 Å². The van der Waals surface area contributed by atoms with Gasteiger partial charge in [-0.05, 0) is 6.92 Å². The molecular formula is C10H15N3O5S. The molecule has 106 valence electrons. The topological polar surface area (TPSA) is 120 Å². The number of aliphatic hydroxyl groups excluding tert-OH is 2. The van der Waals surface area contributed by atoms with Gasteiger partial charge in [0.2, 0.25) is 0 Å². The lowest BCUT2D eigenvalue weighted by atomic mass is 10.2. The van der Waals surface area contributed by atoms with Crippen LogP contribution in [-0.4, -0.2) is 37.6 Å². The highest BCUT2D eigenvalue weighted by molar-refractivity contribution is 7.95. The molecule has 0 amide bonds. The molecule has 0 aliphatic carbocycles. The van der Waals surface area contributed by atoms with Gasteiger partial charge in [-0.2, -0.15) is 3.97 Å². The van der Waals surface area contributed by atoms with Gasteiger partial charge in [-0.3, -0.25) is 14.5 Å². The smallest absolute Gasteiger partial charge is 0.344 e. The summed E-state index contributed by atoms with van der Waals surface area (Å²) in [7, 11) is 0. The van der Waals surface area contributed by atoms with Crippen LogP contribution in [0, 0.1) is 6.92 Å². The number of aromatic nitrogens is 2. The van der Waals surface area contributed by atoms with Gasteiger partial charge in [0.05, 0.1) is 12.7 Å². The summed E-state index contributed by atoms with van der Waals surface area (Å²) < 4.78 is 7.40. The molecule has 2 heterocycles. The molecule has 1 aromatic rings. The molecule has 8 nitrogen and oxygen atoms in total. The molecule has 0 spiro atoms. The molecule has 1 aliphatic rings. The lowest BCUT2D eigenvalue weighted by molar-refractivity contribution is -0.0460. The van der Waals surface area contributed by atoms with Gasteiger partial charge in [0.15, 0.2) is 0 Å². The number of nitrogens with zero attached hydrogens (tertiary/aromatic N) is 2. The first-order valence-electron chi connectivity index (χ1n) is 5.66. The first-order chi connectivity index (χ1) is 8.99. The Kier molecular flexibility index (Phi) is 4.11. The number of ether oxygens (including phenoxy) is 1. The van der Waals surface area contributed by atoms with Gasteiger partial charge in [-0.1, -0.05) is 0 Å². The Morgan fingerprint density at radius 3 is 2.79 bits per heavy atom. The summed E-state index contributed by atoms with van der Waals surface area (Å²) in [5.41, 5.74) is -0.770. The first kappa shape index (κ1) is 14.3. The fraction of sp³-hybridized carbons (Fsp3) is 0.600. The maximum Gasteiger partial charge on any atom is 0.344 e. The molecule has 0 bridgehead atoms. The second kappa shape index (κ2) is 5.47. The van der Waals surface area contributed by atoms with E-state index in [4.69, 9.17) is 15.0 Å². The van der Waals surface area contributed by atoms with Crippen molar-refractivity contribution in [1.82, 2.24) is 8.54 Å². The van der Waals surface area contributed by atoms with Crippen LogP contribution in [-0.2, 0) is 4.74 Å². The maximum absolute atomic E-state index is 12.1. The number of hydrogen-bond donors (Lipinski definition) is 3. The number of rotatable bonds is 3. The Morgan fingerprint density at radius 1 is 1.58 bits per heavy atom. The minimum atomic E-state index is -0.854. The highest BCUT2D eigenvalue weighted by Gasteiger charge is 2.35. The van der Waals surface area contributed by atoms with Gasteiger partial charge in [0.1, 0.15) is 12.3 Å². The van der Waals surface area contributed by atoms with Crippen LogP contribution in [0.4, 0.5) is 0 Å². The summed E-state index contributed by atoms with van der Waals surface area (Å²) in [4.78, 5) is 23.8. The van der Waals surface area contributed by atoms with E-state index in [9.17, 15) is 14.7 Å². The second-order valence-electron chi connectivity index (χ2n) is 4.32. The summed E-state index contributed by atoms with van der Waals surface area (Å²) in [6.45, 7) is 1.22. The molecular weight excluding hydrogens is 274 g/mol. The molecule has 0 aromatic carbocycles. The minimum absolute atomic E-state index is 0.165. The highest BCUT2D eigenvalue weighted by Crippen LogP contribution is 2.27. The Hall–Kier alpha value is -1.13. The van der Waals surface area contributed by atoms with Gasteiger partial charge in [-0.25, -0.2) is 4.79 Å². The predicted molar refractivity (Wildman–Crippen MR) is 68.5 cm³/mol. The molecule has 9 heteroatoms. The van der Waals surface area contributed by atoms with Gasteiger partial charge < -0.3 is 14.9 Å². The van der Waals surface area contributed by atoms with E-state index in [2.05, 4.69) is 0 Å². The number of nitrogens with two attached hydrogens (primary N) is 1. The van der Waals surface area contributed by atoms with E-state index in [0.29, 0.717) is 17.7 Å². The molecule has 1 unspecified atom stereocenters. The molecule has 1 aromatic heterocycles. The van der Waals surface area contributed by atoms with E-state index >= 15 is 0 Å². The van der Waals surface area contributed by atoms with E-state index in [1.165, 1.54) is 10.8 Å². The van der Waals surface area contributed by atoms with Crippen LogP contribution >= 0.6 is 12.1 Å². The van der Waals surface area contributed by atoms with Crippen molar-refractivity contribution in [2.24, 2.45) is 5.14 Å². The number of aliphatic hydroxyl groups is 2. The average molecular weight is 289 g/mol. The van der Waals surface area contributed by atoms with Gasteiger partial charge in [0.25, 0.3) is 5.56 Å². The molecule has 2 rings (SSSR count). The zero-order chi connectivity index (χ0) is 14.2. The fourth-order valence-corrected chi connectivity index (χ4v) is 2.44. The standard InChI is InChI=1S/C10H15N3O5S/c1-5-3-12(10(17)13(19-11)9(5)16)8-2-6(15)7(4-14)18-8/h3,6-8,14-15H,2,4,11H2,1H3/t6?,7-,8-/m1/s1. The molecule has 0 saturated carbocycles. The summed E-state index contributed by atoms with van der Waals surface area (Å²) >= 11 is 0.520. The largest absolute Gasteiger partial charge is 0.394 e. The van der Waals surface area contributed by atoms with Gasteiger partial charge in [-0.15, -0.1) is 0 Å². The average Bonchev–Trinajstić information content (AvgIpc) is 2.75. The van der Waals surface area contributed by atoms with Gasteiger partial charge >= 0.3 is 5.69 Å². The van der Waals surface area contributed by atoms with Crippen molar-refractivity contribution in [3.63, 3.8) is 0 Å². The van der Waals surface area contributed by atoms with E-state index in [1.54, 1.807) is 6.92 Å². The van der Waals surface area contributed by atoms with Crippen molar-refractivity contribution >= 4 is 12.1 Å². The van der Waals surface area contributed by atoms with Crippen molar-refractivity contribution in [2.75, 3.05) is 6.61 Å². The summed E-state index contributed by atoms with van der Waals surface area (Å²) in [6, 6.07) is 0. The Labute approximate surface area is 112 Å². The molecule has 4 N–H and O–H groups in total. The predicted octanol–water partition coefficient (Wildman–Crippen LogP) is -1.67. The fourth-order valence-electron chi connectivity index (χ4n) is 2.02. The van der Waals surface area contributed by atoms with E-state index in [1.807, 2.05) is 0 Å². The van der Waals surface area contributed by atoms with Crippen LogP contribution < -0.4 is 16.4 Å². The molecule has 1 saturated heterocycles. The summed E-state index contributed by atoms with van der Waals surface area (Å²) in [5.74, 6) is 0. The Balaban J connectivity index is 2.45. The number of aryl methyl sites for hydroxylation is 1. The molecule has 1 fully saturated rings. The molecule has 0 radical (unpaired) electrons. The highest BCUT2D eigenvalue weighted by atomic mass is 32.2. The third-order valence-corrected chi connectivity index (χ3v) is 3.58. The zero-order valence-corrected chi connectivity index (χ0v) is 11.0. The molecule has 3 atom stereocenters. The SMILES string of the molecule is Cc1cn([C@H]2CC(O)[C@@H](CO)O2)c(=O)n(SN)c1=O. The first-order valence-corrected chi connectivity index (χ1v) is 6.49. The third kappa shape index (κ3) is 2.47. The van der Waals surface area contributed by atoms with Crippen LogP contribution in [0.5, 0.6) is 0 Å². The van der Waals surface area contributed by atoms with E-state index < -0.39 is 29.7 Å². The second-order valence-corrected chi connectivity index (χ2v) is 4.90. The number of hydrogen-bond acceptors (Lipinski definition) is 7. The lowest BCUT2D eigenvalue weighted by Gasteiger charge is -2.16. The summed E-state index contributed by atoms with van der Waals surface area (Å²) in [6.07, 6.45) is -0.777. The van der Waals surface area contributed by atoms with Crippen LogP contribution in [0.3, 0.4) is 0 Å². The van der Waals surface area contributed by atoms with Crippen molar-refractivity contribution in [3.8, 4) is 0 Å². The minimum Gasteiger partial charge on any atom is -0.394 e. The van der Waals surface area contributed by atoms with Crippen LogP contribution in [0.25, 0.3) is 0 Å². The maximum atomic E-state index is 12.1. The van der Waals surface area contributed by atoms with Crippen molar-refractivity contribution in [1.29, 1.82) is 0 Å². The Morgan fingerprint density at radius 2 is 2.26 bits per heavy atom. The molecule has 19 heavy (non-hydrogen) atoms. The normalized spacial score (nSPS) is 26.8.